The Morgan fingerprint density at radius 1 is 0.921 bits per heavy atom. The van der Waals surface area contributed by atoms with E-state index in [0.717, 1.165) is 17.3 Å². The second-order valence-electron chi connectivity index (χ2n) is 9.89. The van der Waals surface area contributed by atoms with Gasteiger partial charge in [0.25, 0.3) is 0 Å². The molecular weight excluding hydrogens is 529 g/mol. The van der Waals surface area contributed by atoms with Crippen LogP contribution in [0.3, 0.4) is 0 Å². The molecule has 3 aromatic carbocycles. The van der Waals surface area contributed by atoms with Gasteiger partial charge in [0.15, 0.2) is 0 Å². The summed E-state index contributed by atoms with van der Waals surface area (Å²) < 4.78 is 27.5. The zero-order valence-electron chi connectivity index (χ0n) is 20.9. The maximum Gasteiger partial charge on any atom is 0.240 e. The fraction of sp³-hybridized carbons (Fsp3) is 0.345. The Hall–Kier alpha value is -2.71. The molecule has 2 saturated heterocycles. The Balaban J connectivity index is 1.24. The van der Waals surface area contributed by atoms with Crippen molar-refractivity contribution in [1.82, 2.24) is 15.1 Å². The fourth-order valence-corrected chi connectivity index (χ4v) is 5.59. The number of halogens is 4. The minimum Gasteiger partial charge on any atom is -0.368 e. The number of rotatable bonds is 7. The van der Waals surface area contributed by atoms with E-state index in [2.05, 4.69) is 27.2 Å². The lowest BCUT2D eigenvalue weighted by Gasteiger charge is -2.38. The van der Waals surface area contributed by atoms with Crippen molar-refractivity contribution in [2.75, 3.05) is 37.6 Å². The van der Waals surface area contributed by atoms with Gasteiger partial charge in [-0.25, -0.2) is 8.78 Å². The van der Waals surface area contributed by atoms with Gasteiger partial charge in [-0.2, -0.15) is 0 Å². The molecule has 200 valence electrons. The van der Waals surface area contributed by atoms with Gasteiger partial charge in [0.2, 0.25) is 5.91 Å². The number of benzene rings is 3. The number of nitrogens with zero attached hydrogens (tertiary/aromatic N) is 3. The lowest BCUT2D eigenvalue weighted by Crippen LogP contribution is -2.53. The molecular formula is C29H30Cl2F2N4O. The molecule has 2 aliphatic heterocycles. The van der Waals surface area contributed by atoms with E-state index in [1.807, 2.05) is 35.2 Å². The van der Waals surface area contributed by atoms with Gasteiger partial charge in [-0.1, -0.05) is 59.6 Å². The molecule has 38 heavy (non-hydrogen) atoms. The average Bonchev–Trinajstić information content (AvgIpc) is 3.32. The van der Waals surface area contributed by atoms with Crippen molar-refractivity contribution in [3.8, 4) is 0 Å². The van der Waals surface area contributed by atoms with Crippen LogP contribution in [-0.4, -0.2) is 60.5 Å². The maximum absolute atomic E-state index is 14.2. The summed E-state index contributed by atoms with van der Waals surface area (Å²) in [5.41, 5.74) is 2.55. The second-order valence-corrected chi connectivity index (χ2v) is 10.7. The topological polar surface area (TPSA) is 38.8 Å². The van der Waals surface area contributed by atoms with Crippen molar-refractivity contribution in [1.29, 1.82) is 0 Å². The highest BCUT2D eigenvalue weighted by molar-refractivity contribution is 6.42. The molecule has 0 radical (unpaired) electrons. The number of carbonyl (C=O) groups is 1. The van der Waals surface area contributed by atoms with Gasteiger partial charge < -0.3 is 15.1 Å². The molecule has 0 bridgehead atoms. The minimum absolute atomic E-state index is 0.00890. The fourth-order valence-electron chi connectivity index (χ4n) is 5.30. The largest absolute Gasteiger partial charge is 0.368 e. The Morgan fingerprint density at radius 3 is 2.39 bits per heavy atom. The Labute approximate surface area is 231 Å². The van der Waals surface area contributed by atoms with Crippen molar-refractivity contribution in [2.24, 2.45) is 0 Å². The quantitative estimate of drug-likeness (QED) is 0.424. The smallest absolute Gasteiger partial charge is 0.240 e. The van der Waals surface area contributed by atoms with E-state index in [4.69, 9.17) is 23.2 Å². The van der Waals surface area contributed by atoms with Crippen LogP contribution in [0.4, 0.5) is 14.5 Å². The summed E-state index contributed by atoms with van der Waals surface area (Å²) in [5, 5.41) is 4.43. The van der Waals surface area contributed by atoms with Crippen LogP contribution < -0.4 is 10.2 Å². The molecule has 0 aliphatic carbocycles. The number of hydrogen-bond acceptors (Lipinski definition) is 4. The molecule has 2 heterocycles. The SMILES string of the molecule is O=C(C1CC(NCc2ccc(F)cc2F)CN1Cc1ccccc1)N1CCN(c2ccc(Cl)c(Cl)c2)CC1. The van der Waals surface area contributed by atoms with Gasteiger partial charge in [-0.3, -0.25) is 9.69 Å². The first kappa shape index (κ1) is 26.9. The number of carbonyl (C=O) groups excluding carboxylic acids is 1. The van der Waals surface area contributed by atoms with Crippen molar-refractivity contribution >= 4 is 34.8 Å². The predicted octanol–water partition coefficient (Wildman–Crippen LogP) is 5.35. The highest BCUT2D eigenvalue weighted by Gasteiger charge is 2.39. The molecule has 0 spiro atoms. The number of anilines is 1. The third-order valence-electron chi connectivity index (χ3n) is 7.37. The van der Waals surface area contributed by atoms with Crippen molar-refractivity contribution in [2.45, 2.75) is 31.6 Å². The van der Waals surface area contributed by atoms with Crippen LogP contribution in [0, 0.1) is 11.6 Å². The summed E-state index contributed by atoms with van der Waals surface area (Å²) in [7, 11) is 0. The van der Waals surface area contributed by atoms with Crippen molar-refractivity contribution < 1.29 is 13.6 Å². The van der Waals surface area contributed by atoms with E-state index in [1.165, 1.54) is 12.1 Å². The Bertz CT molecular complexity index is 1270. The van der Waals surface area contributed by atoms with Crippen LogP contribution in [-0.2, 0) is 17.9 Å². The molecule has 0 saturated carbocycles. The number of piperazine rings is 1. The highest BCUT2D eigenvalue weighted by Crippen LogP contribution is 2.29. The highest BCUT2D eigenvalue weighted by atomic mass is 35.5. The molecule has 2 fully saturated rings. The molecule has 0 aromatic heterocycles. The van der Waals surface area contributed by atoms with Crippen LogP contribution >= 0.6 is 23.2 Å². The molecule has 5 nitrogen and oxygen atoms in total. The Morgan fingerprint density at radius 2 is 1.68 bits per heavy atom. The lowest BCUT2D eigenvalue weighted by atomic mass is 10.1. The van der Waals surface area contributed by atoms with E-state index in [0.29, 0.717) is 61.3 Å². The van der Waals surface area contributed by atoms with Crippen LogP contribution in [0.5, 0.6) is 0 Å². The third-order valence-corrected chi connectivity index (χ3v) is 8.11. The van der Waals surface area contributed by atoms with E-state index >= 15 is 0 Å². The lowest BCUT2D eigenvalue weighted by molar-refractivity contribution is -0.136. The van der Waals surface area contributed by atoms with E-state index < -0.39 is 11.6 Å². The first-order chi connectivity index (χ1) is 18.4. The summed E-state index contributed by atoms with van der Waals surface area (Å²) in [6.45, 7) is 4.25. The van der Waals surface area contributed by atoms with E-state index in [-0.39, 0.29) is 24.5 Å². The van der Waals surface area contributed by atoms with Gasteiger partial charge in [-0.15, -0.1) is 0 Å². The first-order valence-corrected chi connectivity index (χ1v) is 13.6. The average molecular weight is 559 g/mol. The van der Waals surface area contributed by atoms with Gasteiger partial charge in [-0.05, 0) is 36.2 Å². The normalized spacial score (nSPS) is 20.2. The Kier molecular flexibility index (Phi) is 8.48. The number of hydrogen-bond donors (Lipinski definition) is 1. The molecule has 1 N–H and O–H groups in total. The summed E-state index contributed by atoms with van der Waals surface area (Å²) in [6.07, 6.45) is 0.626. The molecule has 9 heteroatoms. The molecule has 1 amide bonds. The van der Waals surface area contributed by atoms with Crippen LogP contribution in [0.1, 0.15) is 17.5 Å². The number of likely N-dealkylation sites (tertiary alicyclic amines) is 1. The molecule has 2 atom stereocenters. The first-order valence-electron chi connectivity index (χ1n) is 12.8. The second kappa shape index (κ2) is 12.0. The van der Waals surface area contributed by atoms with Crippen molar-refractivity contribution in [3.05, 3.63) is 99.5 Å². The zero-order chi connectivity index (χ0) is 26.6. The molecule has 3 aromatic rings. The standard InChI is InChI=1S/C29H30Cl2F2N4O/c30-25-9-8-24(16-26(25)31)35-10-12-36(13-11-35)29(38)28-15-23(19-37(28)18-20-4-2-1-3-5-20)34-17-21-6-7-22(32)14-27(21)33/h1-9,14,16,23,28,34H,10-13,15,17-19H2. The van der Waals surface area contributed by atoms with Gasteiger partial charge >= 0.3 is 0 Å². The predicted molar refractivity (Wildman–Crippen MR) is 147 cm³/mol. The molecule has 2 aliphatic rings. The van der Waals surface area contributed by atoms with E-state index in [9.17, 15) is 13.6 Å². The van der Waals surface area contributed by atoms with Crippen LogP contribution in [0.2, 0.25) is 10.0 Å². The molecule has 2 unspecified atom stereocenters. The van der Waals surface area contributed by atoms with Crippen LogP contribution in [0.25, 0.3) is 0 Å². The summed E-state index contributed by atoms with van der Waals surface area (Å²) in [5.74, 6) is -1.04. The van der Waals surface area contributed by atoms with E-state index in [1.54, 1.807) is 6.07 Å². The summed E-state index contributed by atoms with van der Waals surface area (Å²) in [6, 6.07) is 19.1. The summed E-state index contributed by atoms with van der Waals surface area (Å²) >= 11 is 12.3. The monoisotopic (exact) mass is 558 g/mol. The zero-order valence-corrected chi connectivity index (χ0v) is 22.4. The number of amides is 1. The van der Waals surface area contributed by atoms with Crippen LogP contribution in [0.15, 0.2) is 66.7 Å². The van der Waals surface area contributed by atoms with Crippen molar-refractivity contribution in [3.63, 3.8) is 0 Å². The number of nitrogens with one attached hydrogen (secondary N) is 1. The molecule has 5 rings (SSSR count). The third kappa shape index (κ3) is 6.29. The van der Waals surface area contributed by atoms with Gasteiger partial charge in [0.1, 0.15) is 11.6 Å². The minimum atomic E-state index is -0.592. The summed E-state index contributed by atoms with van der Waals surface area (Å²) in [4.78, 5) is 20.1. The van der Waals surface area contributed by atoms with Gasteiger partial charge in [0.05, 0.1) is 16.1 Å². The van der Waals surface area contributed by atoms with Gasteiger partial charge in [0, 0.05) is 69.2 Å². The maximum atomic E-state index is 14.2.